The van der Waals surface area contributed by atoms with Crippen LogP contribution in [-0.4, -0.2) is 17.6 Å². The van der Waals surface area contributed by atoms with E-state index in [2.05, 4.69) is 16.2 Å². The molecule has 2 aromatic rings. The molecular weight excluding hydrogens is 330 g/mol. The topological polar surface area (TPSA) is 79.5 Å². The van der Waals surface area contributed by atoms with E-state index in [0.29, 0.717) is 5.56 Å². The lowest BCUT2D eigenvalue weighted by Crippen LogP contribution is -2.44. The average Bonchev–Trinajstić information content (AvgIpc) is 2.58. The Bertz CT molecular complexity index is 737. The number of aryl methyl sites for hydroxylation is 1. The summed E-state index contributed by atoms with van der Waals surface area (Å²) >= 11 is 0. The Morgan fingerprint density at radius 2 is 1.58 bits per heavy atom. The standard InChI is InChI=1S/C20H25N3O3/c1-14-10-12-16(13-11-14)22-23-18(24)17(15-8-6-5-7-9-15)21-19(25)26-20(2,3)4/h5-13,17,22H,1-4H3,(H,21,25)(H,23,24). The van der Waals surface area contributed by atoms with Crippen molar-refractivity contribution in [1.82, 2.24) is 10.7 Å². The van der Waals surface area contributed by atoms with Crippen LogP contribution in [0.2, 0.25) is 0 Å². The van der Waals surface area contributed by atoms with Gasteiger partial charge in [-0.15, -0.1) is 0 Å². The molecule has 0 aliphatic carbocycles. The van der Waals surface area contributed by atoms with Gasteiger partial charge in [0, 0.05) is 0 Å². The highest BCUT2D eigenvalue weighted by molar-refractivity contribution is 5.87. The molecule has 0 radical (unpaired) electrons. The number of hydrogen-bond acceptors (Lipinski definition) is 4. The van der Waals surface area contributed by atoms with E-state index in [0.717, 1.165) is 11.3 Å². The first-order valence-corrected chi connectivity index (χ1v) is 8.41. The normalized spacial score (nSPS) is 12.0. The molecule has 0 saturated carbocycles. The Morgan fingerprint density at radius 3 is 2.15 bits per heavy atom. The quantitative estimate of drug-likeness (QED) is 0.715. The SMILES string of the molecule is Cc1ccc(NNC(=O)C(NC(=O)OC(C)(C)C)c2ccccc2)cc1. The summed E-state index contributed by atoms with van der Waals surface area (Å²) in [5, 5.41) is 2.62. The van der Waals surface area contributed by atoms with E-state index in [1.807, 2.05) is 37.3 Å². The molecule has 1 atom stereocenters. The average molecular weight is 355 g/mol. The second-order valence-corrected chi connectivity index (χ2v) is 6.97. The molecule has 3 N–H and O–H groups in total. The smallest absolute Gasteiger partial charge is 0.408 e. The maximum Gasteiger partial charge on any atom is 0.408 e. The summed E-state index contributed by atoms with van der Waals surface area (Å²) < 4.78 is 5.27. The number of ether oxygens (including phenoxy) is 1. The van der Waals surface area contributed by atoms with Crippen molar-refractivity contribution < 1.29 is 14.3 Å². The first-order chi connectivity index (χ1) is 12.2. The molecule has 0 spiro atoms. The van der Waals surface area contributed by atoms with Gasteiger partial charge in [0.2, 0.25) is 0 Å². The Labute approximate surface area is 153 Å². The number of hydrazine groups is 1. The molecule has 138 valence electrons. The van der Waals surface area contributed by atoms with Gasteiger partial charge in [-0.05, 0) is 45.4 Å². The summed E-state index contributed by atoms with van der Waals surface area (Å²) in [7, 11) is 0. The molecule has 2 rings (SSSR count). The Balaban J connectivity index is 2.08. The van der Waals surface area contributed by atoms with Gasteiger partial charge in [0.15, 0.2) is 0 Å². The fraction of sp³-hybridized carbons (Fsp3) is 0.300. The van der Waals surface area contributed by atoms with Crippen molar-refractivity contribution in [3.63, 3.8) is 0 Å². The van der Waals surface area contributed by atoms with Gasteiger partial charge < -0.3 is 10.1 Å². The van der Waals surface area contributed by atoms with E-state index < -0.39 is 23.6 Å². The molecule has 0 aliphatic rings. The second-order valence-electron chi connectivity index (χ2n) is 6.97. The zero-order chi connectivity index (χ0) is 19.2. The van der Waals surface area contributed by atoms with E-state index in [-0.39, 0.29) is 0 Å². The number of anilines is 1. The van der Waals surface area contributed by atoms with Gasteiger partial charge in [-0.3, -0.25) is 15.6 Å². The molecule has 2 amide bonds. The fourth-order valence-corrected chi connectivity index (χ4v) is 2.21. The molecule has 0 bridgehead atoms. The maximum atomic E-state index is 12.6. The van der Waals surface area contributed by atoms with Crippen LogP contribution in [0.25, 0.3) is 0 Å². The minimum absolute atomic E-state index is 0.400. The summed E-state index contributed by atoms with van der Waals surface area (Å²) in [6.45, 7) is 7.29. The molecule has 6 nitrogen and oxygen atoms in total. The van der Waals surface area contributed by atoms with Gasteiger partial charge in [-0.25, -0.2) is 4.79 Å². The van der Waals surface area contributed by atoms with Crippen molar-refractivity contribution in [1.29, 1.82) is 0 Å². The van der Waals surface area contributed by atoms with Gasteiger partial charge in [0.05, 0.1) is 5.69 Å². The molecule has 0 saturated heterocycles. The third-order valence-corrected chi connectivity index (χ3v) is 3.44. The predicted octanol–water partition coefficient (Wildman–Crippen LogP) is 3.70. The summed E-state index contributed by atoms with van der Waals surface area (Å²) in [6, 6.07) is 15.7. The summed E-state index contributed by atoms with van der Waals surface area (Å²) in [6.07, 6.45) is -0.656. The lowest BCUT2D eigenvalue weighted by atomic mass is 10.1. The van der Waals surface area contributed by atoms with Crippen molar-refractivity contribution in [2.24, 2.45) is 0 Å². The van der Waals surface area contributed by atoms with Gasteiger partial charge in [0.1, 0.15) is 11.6 Å². The summed E-state index contributed by atoms with van der Waals surface area (Å²) in [5.41, 5.74) is 7.35. The Hall–Kier alpha value is -3.02. The highest BCUT2D eigenvalue weighted by Crippen LogP contribution is 2.15. The lowest BCUT2D eigenvalue weighted by molar-refractivity contribution is -0.122. The van der Waals surface area contributed by atoms with E-state index in [4.69, 9.17) is 4.74 Å². The van der Waals surface area contributed by atoms with Crippen molar-refractivity contribution in [3.05, 3.63) is 65.7 Å². The van der Waals surface area contributed by atoms with E-state index >= 15 is 0 Å². The summed E-state index contributed by atoms with van der Waals surface area (Å²) in [4.78, 5) is 24.8. The fourth-order valence-electron chi connectivity index (χ4n) is 2.21. The van der Waals surface area contributed by atoms with Crippen LogP contribution < -0.4 is 16.2 Å². The third kappa shape index (κ3) is 6.12. The molecule has 26 heavy (non-hydrogen) atoms. The molecule has 0 aliphatic heterocycles. The molecular formula is C20H25N3O3. The molecule has 0 fully saturated rings. The van der Waals surface area contributed by atoms with Crippen LogP contribution in [-0.2, 0) is 9.53 Å². The molecule has 2 aromatic carbocycles. The molecule has 1 unspecified atom stereocenters. The second kappa shape index (κ2) is 8.38. The zero-order valence-electron chi connectivity index (χ0n) is 15.5. The minimum atomic E-state index is -0.885. The number of alkyl carbamates (subject to hydrolysis) is 1. The number of carbonyl (C=O) groups is 2. The van der Waals surface area contributed by atoms with Gasteiger partial charge in [-0.2, -0.15) is 0 Å². The van der Waals surface area contributed by atoms with Crippen LogP contribution >= 0.6 is 0 Å². The number of hydrogen-bond donors (Lipinski definition) is 3. The van der Waals surface area contributed by atoms with Crippen LogP contribution in [0.5, 0.6) is 0 Å². The Morgan fingerprint density at radius 1 is 0.962 bits per heavy atom. The van der Waals surface area contributed by atoms with Gasteiger partial charge in [-0.1, -0.05) is 48.0 Å². The van der Waals surface area contributed by atoms with Gasteiger partial charge >= 0.3 is 6.09 Å². The number of benzene rings is 2. The van der Waals surface area contributed by atoms with Crippen LogP contribution in [0, 0.1) is 6.92 Å². The number of carbonyl (C=O) groups excluding carboxylic acids is 2. The zero-order valence-corrected chi connectivity index (χ0v) is 15.5. The van der Waals surface area contributed by atoms with E-state index in [9.17, 15) is 9.59 Å². The Kier molecular flexibility index (Phi) is 6.22. The van der Waals surface area contributed by atoms with Crippen LogP contribution in [0.3, 0.4) is 0 Å². The number of amides is 2. The number of rotatable bonds is 5. The van der Waals surface area contributed by atoms with Crippen molar-refractivity contribution in [2.45, 2.75) is 39.3 Å². The van der Waals surface area contributed by atoms with Crippen LogP contribution in [0.4, 0.5) is 10.5 Å². The van der Waals surface area contributed by atoms with Crippen molar-refractivity contribution >= 4 is 17.7 Å². The van der Waals surface area contributed by atoms with Crippen LogP contribution in [0.15, 0.2) is 54.6 Å². The number of nitrogens with one attached hydrogen (secondary N) is 3. The van der Waals surface area contributed by atoms with Crippen LogP contribution in [0.1, 0.15) is 37.9 Å². The first-order valence-electron chi connectivity index (χ1n) is 8.41. The molecule has 0 heterocycles. The molecule has 6 heteroatoms. The minimum Gasteiger partial charge on any atom is -0.444 e. The van der Waals surface area contributed by atoms with Gasteiger partial charge in [0.25, 0.3) is 5.91 Å². The summed E-state index contributed by atoms with van der Waals surface area (Å²) in [5.74, 6) is -0.400. The monoisotopic (exact) mass is 355 g/mol. The lowest BCUT2D eigenvalue weighted by Gasteiger charge is -2.23. The first kappa shape index (κ1) is 19.3. The van der Waals surface area contributed by atoms with E-state index in [1.54, 1.807) is 45.0 Å². The third-order valence-electron chi connectivity index (χ3n) is 3.44. The molecule has 0 aromatic heterocycles. The highest BCUT2D eigenvalue weighted by Gasteiger charge is 2.25. The maximum absolute atomic E-state index is 12.6. The van der Waals surface area contributed by atoms with Crippen molar-refractivity contribution in [3.8, 4) is 0 Å². The van der Waals surface area contributed by atoms with E-state index in [1.165, 1.54) is 0 Å². The van der Waals surface area contributed by atoms with Crippen molar-refractivity contribution in [2.75, 3.05) is 5.43 Å². The predicted molar refractivity (Wildman–Crippen MR) is 101 cm³/mol. The largest absolute Gasteiger partial charge is 0.444 e. The highest BCUT2D eigenvalue weighted by atomic mass is 16.6.